The third-order valence-corrected chi connectivity index (χ3v) is 5.24. The van der Waals surface area contributed by atoms with Crippen molar-refractivity contribution in [1.82, 2.24) is 10.3 Å². The second-order valence-electron chi connectivity index (χ2n) is 7.16. The number of hydrogen-bond acceptors (Lipinski definition) is 4. The Morgan fingerprint density at radius 2 is 2.14 bits per heavy atom. The summed E-state index contributed by atoms with van der Waals surface area (Å²) in [6, 6.07) is 5.67. The van der Waals surface area contributed by atoms with Crippen molar-refractivity contribution in [3.63, 3.8) is 0 Å². The van der Waals surface area contributed by atoms with Crippen LogP contribution in [0.15, 0.2) is 45.1 Å². The van der Waals surface area contributed by atoms with Gasteiger partial charge in [-0.2, -0.15) is 4.73 Å². The highest BCUT2D eigenvalue weighted by atomic mass is 79.9. The monoisotopic (exact) mass is 457 g/mol. The Balaban J connectivity index is 1.47. The third kappa shape index (κ3) is 5.93. The lowest BCUT2D eigenvalue weighted by atomic mass is 10.00. The first-order valence-electron chi connectivity index (χ1n) is 9.61. The average molecular weight is 458 g/mol. The van der Waals surface area contributed by atoms with Crippen molar-refractivity contribution < 1.29 is 9.52 Å². The van der Waals surface area contributed by atoms with Crippen LogP contribution >= 0.6 is 15.9 Å². The van der Waals surface area contributed by atoms with E-state index in [-0.39, 0.29) is 5.91 Å². The molecule has 3 heterocycles. The zero-order valence-corrected chi connectivity index (χ0v) is 18.1. The van der Waals surface area contributed by atoms with Gasteiger partial charge in [0.25, 0.3) is 0 Å². The molecular formula is C21H24BrN5O2. The van der Waals surface area contributed by atoms with Crippen LogP contribution in [0.2, 0.25) is 0 Å². The van der Waals surface area contributed by atoms with Crippen molar-refractivity contribution in [2.24, 2.45) is 15.9 Å². The van der Waals surface area contributed by atoms with Crippen molar-refractivity contribution in [3.8, 4) is 0 Å². The summed E-state index contributed by atoms with van der Waals surface area (Å²) in [7, 11) is 0. The molecule has 1 amide bonds. The summed E-state index contributed by atoms with van der Waals surface area (Å²) < 4.78 is 1.80. The number of nitrogens with one attached hydrogen (secondary N) is 1. The number of hydrogen-bond donors (Lipinski definition) is 1. The SMILES string of the molecule is Cc1cc(Br)cnc1CCCCN=C1N=CC(Cc2ccc(C)[n+]([O-])c2)C(=O)N1. The first-order valence-corrected chi connectivity index (χ1v) is 10.4. The minimum absolute atomic E-state index is 0.147. The fraction of sp³-hybridized carbons (Fsp3) is 0.381. The Morgan fingerprint density at radius 1 is 1.31 bits per heavy atom. The van der Waals surface area contributed by atoms with Crippen molar-refractivity contribution in [2.75, 3.05) is 6.54 Å². The molecule has 1 aliphatic heterocycles. The molecule has 0 radical (unpaired) electrons. The van der Waals surface area contributed by atoms with Gasteiger partial charge in [-0.25, -0.2) is 4.99 Å². The molecule has 0 aromatic carbocycles. The fourth-order valence-corrected chi connectivity index (χ4v) is 3.53. The predicted octanol–water partition coefficient (Wildman–Crippen LogP) is 2.83. The number of aryl methyl sites for hydroxylation is 3. The summed E-state index contributed by atoms with van der Waals surface area (Å²) in [4.78, 5) is 25.4. The molecule has 0 spiro atoms. The van der Waals surface area contributed by atoms with Crippen molar-refractivity contribution in [3.05, 3.63) is 62.8 Å². The number of pyridine rings is 2. The second-order valence-corrected chi connectivity index (χ2v) is 8.08. The zero-order chi connectivity index (χ0) is 20.8. The standard InChI is InChI=1S/C21H24BrN5O2/c1-14-9-18(22)12-24-19(14)5-3-4-8-23-21-25-11-17(20(28)26-21)10-16-7-6-15(2)27(29)13-16/h6-7,9,11-13,17H,3-5,8,10H2,1-2H3,(H,23,26,28). The molecule has 0 bridgehead atoms. The zero-order valence-electron chi connectivity index (χ0n) is 16.6. The van der Waals surface area contributed by atoms with Gasteiger partial charge in [-0.05, 0) is 66.2 Å². The Labute approximate surface area is 178 Å². The molecule has 7 nitrogen and oxygen atoms in total. The van der Waals surface area contributed by atoms with Crippen LogP contribution in [0.3, 0.4) is 0 Å². The van der Waals surface area contributed by atoms with E-state index in [1.165, 1.54) is 11.8 Å². The second kappa shape index (κ2) is 9.73. The van der Waals surface area contributed by atoms with Crippen LogP contribution < -0.4 is 10.0 Å². The maximum Gasteiger partial charge on any atom is 0.235 e. The van der Waals surface area contributed by atoms with Gasteiger partial charge in [0.2, 0.25) is 11.9 Å². The quantitative estimate of drug-likeness (QED) is 0.393. The smallest absolute Gasteiger partial charge is 0.235 e. The number of halogens is 1. The molecule has 1 unspecified atom stereocenters. The molecule has 1 aliphatic rings. The lowest BCUT2D eigenvalue weighted by Crippen LogP contribution is -2.41. The van der Waals surface area contributed by atoms with E-state index < -0.39 is 5.92 Å². The topological polar surface area (TPSA) is 93.7 Å². The van der Waals surface area contributed by atoms with E-state index in [1.54, 1.807) is 19.2 Å². The van der Waals surface area contributed by atoms with E-state index in [1.807, 2.05) is 12.3 Å². The van der Waals surface area contributed by atoms with Gasteiger partial charge in [0, 0.05) is 47.7 Å². The molecule has 0 saturated heterocycles. The highest BCUT2D eigenvalue weighted by molar-refractivity contribution is 9.10. The number of carbonyl (C=O) groups excluding carboxylic acids is 1. The maximum atomic E-state index is 12.3. The normalized spacial score (nSPS) is 17.6. The van der Waals surface area contributed by atoms with E-state index in [9.17, 15) is 10.0 Å². The fourth-order valence-electron chi connectivity index (χ4n) is 3.08. The highest BCUT2D eigenvalue weighted by Gasteiger charge is 2.23. The average Bonchev–Trinajstić information content (AvgIpc) is 2.68. The minimum Gasteiger partial charge on any atom is -0.619 e. The van der Waals surface area contributed by atoms with Crippen LogP contribution in [0.5, 0.6) is 0 Å². The van der Waals surface area contributed by atoms with Crippen LogP contribution in [0, 0.1) is 25.0 Å². The number of carbonyl (C=O) groups is 1. The summed E-state index contributed by atoms with van der Waals surface area (Å²) in [6.07, 6.45) is 8.13. The predicted molar refractivity (Wildman–Crippen MR) is 116 cm³/mol. The van der Waals surface area contributed by atoms with Crippen LogP contribution in [-0.2, 0) is 17.6 Å². The number of unbranched alkanes of at least 4 members (excludes halogenated alkanes) is 1. The molecule has 1 N–H and O–H groups in total. The van der Waals surface area contributed by atoms with Gasteiger partial charge in [0.15, 0.2) is 11.9 Å². The van der Waals surface area contributed by atoms with Gasteiger partial charge < -0.3 is 5.21 Å². The van der Waals surface area contributed by atoms with Gasteiger partial charge in [-0.3, -0.25) is 20.1 Å². The van der Waals surface area contributed by atoms with E-state index in [0.29, 0.717) is 24.6 Å². The van der Waals surface area contributed by atoms with Crippen molar-refractivity contribution >= 4 is 34.0 Å². The van der Waals surface area contributed by atoms with Crippen molar-refractivity contribution in [2.45, 2.75) is 39.5 Å². The molecule has 0 aliphatic carbocycles. The summed E-state index contributed by atoms with van der Waals surface area (Å²) >= 11 is 3.42. The molecule has 2 aromatic heterocycles. The molecule has 3 rings (SSSR count). The summed E-state index contributed by atoms with van der Waals surface area (Å²) in [5.74, 6) is -0.193. The molecule has 152 valence electrons. The van der Waals surface area contributed by atoms with Crippen LogP contribution in [0.25, 0.3) is 0 Å². The summed E-state index contributed by atoms with van der Waals surface area (Å²) in [6.45, 7) is 4.40. The van der Waals surface area contributed by atoms with E-state index >= 15 is 0 Å². The van der Waals surface area contributed by atoms with Gasteiger partial charge in [0.1, 0.15) is 0 Å². The molecule has 0 saturated carbocycles. The number of nitrogens with zero attached hydrogens (tertiary/aromatic N) is 4. The van der Waals surface area contributed by atoms with E-state index in [4.69, 9.17) is 0 Å². The van der Waals surface area contributed by atoms with Crippen LogP contribution in [0.4, 0.5) is 0 Å². The highest BCUT2D eigenvalue weighted by Crippen LogP contribution is 2.15. The Morgan fingerprint density at radius 3 is 2.86 bits per heavy atom. The van der Waals surface area contributed by atoms with Crippen LogP contribution in [-0.4, -0.2) is 29.6 Å². The van der Waals surface area contributed by atoms with Gasteiger partial charge in [-0.15, -0.1) is 0 Å². The number of guanidine groups is 1. The largest absolute Gasteiger partial charge is 0.619 e. The number of aliphatic imine (C=N–C) groups is 2. The minimum atomic E-state index is -0.400. The van der Waals surface area contributed by atoms with E-state index in [0.717, 1.165) is 39.7 Å². The number of aromatic nitrogens is 2. The van der Waals surface area contributed by atoms with Gasteiger partial charge in [0.05, 0.1) is 5.92 Å². The van der Waals surface area contributed by atoms with E-state index in [2.05, 4.69) is 49.2 Å². The Bertz CT molecular complexity index is 958. The molecule has 2 aromatic rings. The maximum absolute atomic E-state index is 12.3. The molecule has 8 heteroatoms. The van der Waals surface area contributed by atoms with Gasteiger partial charge in [-0.1, -0.05) is 0 Å². The molecule has 29 heavy (non-hydrogen) atoms. The Kier molecular flexibility index (Phi) is 7.09. The van der Waals surface area contributed by atoms with Gasteiger partial charge >= 0.3 is 0 Å². The molecule has 1 atom stereocenters. The Hall–Kier alpha value is -2.61. The van der Waals surface area contributed by atoms with Crippen LogP contribution in [0.1, 0.15) is 35.4 Å². The summed E-state index contributed by atoms with van der Waals surface area (Å²) in [5.41, 5.74) is 3.70. The molecule has 0 fully saturated rings. The first kappa shape index (κ1) is 21.1. The lowest BCUT2D eigenvalue weighted by molar-refractivity contribution is -0.612. The number of rotatable bonds is 7. The molecular weight excluding hydrogens is 434 g/mol. The summed E-state index contributed by atoms with van der Waals surface area (Å²) in [5, 5.41) is 14.4. The first-order chi connectivity index (χ1) is 13.9. The number of amides is 1. The lowest BCUT2D eigenvalue weighted by Gasteiger charge is -2.17. The van der Waals surface area contributed by atoms with Crippen molar-refractivity contribution in [1.29, 1.82) is 0 Å². The third-order valence-electron chi connectivity index (χ3n) is 4.81.